The normalized spacial score (nSPS) is 15.0. The second-order valence-corrected chi connectivity index (χ2v) is 6.63. The van der Waals surface area contributed by atoms with Crippen LogP contribution in [-0.4, -0.2) is 30.0 Å². The van der Waals surface area contributed by atoms with E-state index < -0.39 is 0 Å². The van der Waals surface area contributed by atoms with E-state index in [1.165, 1.54) is 0 Å². The summed E-state index contributed by atoms with van der Waals surface area (Å²) in [7, 11) is 1.71. The monoisotopic (exact) mass is 334 g/mol. The second-order valence-electron chi connectivity index (χ2n) is 5.10. The van der Waals surface area contributed by atoms with Gasteiger partial charge in [-0.3, -0.25) is 4.79 Å². The first kappa shape index (κ1) is 15.1. The van der Waals surface area contributed by atoms with Crippen molar-refractivity contribution in [1.29, 1.82) is 0 Å². The van der Waals surface area contributed by atoms with E-state index in [0.29, 0.717) is 16.3 Å². The van der Waals surface area contributed by atoms with E-state index >= 15 is 0 Å². The van der Waals surface area contributed by atoms with E-state index in [1.54, 1.807) is 29.4 Å². The van der Waals surface area contributed by atoms with Gasteiger partial charge in [0.2, 0.25) is 12.3 Å². The Bertz CT molecular complexity index is 782. The SMILES string of the molecule is CCc1cc2c(s1)N(C)C(=O)C[N+]([O-])=C2c1ccccc1Cl. The lowest BCUT2D eigenvalue weighted by molar-refractivity contribution is -0.443. The zero-order valence-electron chi connectivity index (χ0n) is 12.3. The first-order valence-corrected chi connectivity index (χ1v) is 8.18. The van der Waals surface area contributed by atoms with Crippen LogP contribution < -0.4 is 4.90 Å². The number of carbonyl (C=O) groups is 1. The Hall–Kier alpha value is -1.85. The first-order chi connectivity index (χ1) is 10.5. The first-order valence-electron chi connectivity index (χ1n) is 6.99. The number of hydrogen-bond acceptors (Lipinski definition) is 3. The van der Waals surface area contributed by atoms with Crippen LogP contribution in [0.1, 0.15) is 22.9 Å². The number of hydroxylamine groups is 1. The van der Waals surface area contributed by atoms with Crippen LogP contribution in [0, 0.1) is 5.21 Å². The standard InChI is InChI=1S/C16H15ClN2O2S/c1-3-10-8-12-15(11-6-4-5-7-13(11)17)19(21)9-14(20)18(2)16(12)22-10/h4-8H,3,9H2,1-2H3. The van der Waals surface area contributed by atoms with Gasteiger partial charge in [-0.15, -0.1) is 11.3 Å². The predicted molar refractivity (Wildman–Crippen MR) is 90.3 cm³/mol. The third kappa shape index (κ3) is 2.40. The van der Waals surface area contributed by atoms with E-state index in [0.717, 1.165) is 26.6 Å². The molecular formula is C16H15ClN2O2S. The number of likely N-dealkylation sites (N-methyl/N-ethyl adjacent to an activating group) is 1. The van der Waals surface area contributed by atoms with Gasteiger partial charge < -0.3 is 10.1 Å². The summed E-state index contributed by atoms with van der Waals surface area (Å²) in [6.07, 6.45) is 0.856. The molecule has 1 aromatic heterocycles. The highest BCUT2D eigenvalue weighted by Crippen LogP contribution is 2.35. The van der Waals surface area contributed by atoms with Crippen molar-refractivity contribution < 1.29 is 9.53 Å². The van der Waals surface area contributed by atoms with Crippen molar-refractivity contribution in [2.24, 2.45) is 0 Å². The molecule has 22 heavy (non-hydrogen) atoms. The molecule has 4 nitrogen and oxygen atoms in total. The molecule has 0 spiro atoms. The van der Waals surface area contributed by atoms with E-state index in [1.807, 2.05) is 24.3 Å². The van der Waals surface area contributed by atoms with E-state index in [-0.39, 0.29) is 12.5 Å². The van der Waals surface area contributed by atoms with Gasteiger partial charge in [0.25, 0.3) is 5.91 Å². The van der Waals surface area contributed by atoms with Crippen LogP contribution in [0.2, 0.25) is 5.02 Å². The van der Waals surface area contributed by atoms with E-state index in [2.05, 4.69) is 6.92 Å². The number of amides is 1. The number of hydrogen-bond donors (Lipinski definition) is 0. The van der Waals surface area contributed by atoms with Crippen LogP contribution in [0.3, 0.4) is 0 Å². The fourth-order valence-corrected chi connectivity index (χ4v) is 3.81. The molecule has 6 heteroatoms. The van der Waals surface area contributed by atoms with Crippen LogP contribution in [0.4, 0.5) is 5.00 Å². The van der Waals surface area contributed by atoms with Crippen molar-refractivity contribution in [2.75, 3.05) is 18.5 Å². The van der Waals surface area contributed by atoms with Crippen molar-refractivity contribution in [3.05, 3.63) is 56.6 Å². The molecule has 114 valence electrons. The summed E-state index contributed by atoms with van der Waals surface area (Å²) in [6, 6.07) is 9.21. The molecule has 2 heterocycles. The summed E-state index contributed by atoms with van der Waals surface area (Å²) in [5.74, 6) is -0.220. The van der Waals surface area contributed by atoms with Gasteiger partial charge in [0, 0.05) is 11.9 Å². The molecule has 1 aliphatic heterocycles. The number of thiophene rings is 1. The van der Waals surface area contributed by atoms with Crippen molar-refractivity contribution in [3.8, 4) is 0 Å². The summed E-state index contributed by atoms with van der Waals surface area (Å²) in [6.45, 7) is 1.84. The molecule has 0 unspecified atom stereocenters. The van der Waals surface area contributed by atoms with Gasteiger partial charge in [0.15, 0.2) is 0 Å². The second kappa shape index (κ2) is 5.74. The Labute approximate surface area is 137 Å². The molecule has 1 aliphatic rings. The fourth-order valence-electron chi connectivity index (χ4n) is 2.51. The predicted octanol–water partition coefficient (Wildman–Crippen LogP) is 3.29. The molecule has 2 aromatic rings. The zero-order valence-corrected chi connectivity index (χ0v) is 13.9. The molecule has 0 saturated carbocycles. The zero-order chi connectivity index (χ0) is 15.9. The number of nitrogens with zero attached hydrogens (tertiary/aromatic N) is 2. The molecule has 1 amide bonds. The van der Waals surface area contributed by atoms with Crippen LogP contribution in [0.5, 0.6) is 0 Å². The van der Waals surface area contributed by atoms with Gasteiger partial charge in [0.1, 0.15) is 5.00 Å². The molecule has 0 N–H and O–H groups in total. The fraction of sp³-hybridized carbons (Fsp3) is 0.250. The summed E-state index contributed by atoms with van der Waals surface area (Å²) < 4.78 is 0.748. The summed E-state index contributed by atoms with van der Waals surface area (Å²) >= 11 is 7.82. The molecule has 0 atom stereocenters. The highest BCUT2D eigenvalue weighted by atomic mass is 35.5. The molecule has 0 saturated heterocycles. The lowest BCUT2D eigenvalue weighted by Gasteiger charge is -2.11. The van der Waals surface area contributed by atoms with Gasteiger partial charge in [-0.25, -0.2) is 0 Å². The lowest BCUT2D eigenvalue weighted by Crippen LogP contribution is -2.31. The lowest BCUT2D eigenvalue weighted by atomic mass is 10.0. The van der Waals surface area contributed by atoms with Gasteiger partial charge in [0.05, 0.1) is 16.1 Å². The summed E-state index contributed by atoms with van der Waals surface area (Å²) in [4.78, 5) is 14.9. The van der Waals surface area contributed by atoms with Gasteiger partial charge >= 0.3 is 0 Å². The number of halogens is 1. The maximum Gasteiger partial charge on any atom is 0.294 e. The van der Waals surface area contributed by atoms with E-state index in [9.17, 15) is 10.0 Å². The minimum Gasteiger partial charge on any atom is -0.623 e. The quantitative estimate of drug-likeness (QED) is 0.625. The topological polar surface area (TPSA) is 46.4 Å². The number of rotatable bonds is 2. The Morgan fingerprint density at radius 3 is 2.77 bits per heavy atom. The Morgan fingerprint density at radius 1 is 1.36 bits per heavy atom. The van der Waals surface area contributed by atoms with Crippen LogP contribution in [0.25, 0.3) is 0 Å². The molecule has 0 aliphatic carbocycles. The highest BCUT2D eigenvalue weighted by molar-refractivity contribution is 7.16. The Morgan fingerprint density at radius 2 is 2.09 bits per heavy atom. The van der Waals surface area contributed by atoms with Crippen molar-refractivity contribution in [2.45, 2.75) is 13.3 Å². The largest absolute Gasteiger partial charge is 0.623 e. The minimum atomic E-state index is -0.220. The maximum atomic E-state index is 12.6. The molecule has 0 bridgehead atoms. The molecule has 1 aromatic carbocycles. The average Bonchev–Trinajstić information content (AvgIpc) is 2.89. The average molecular weight is 335 g/mol. The van der Waals surface area contributed by atoms with Gasteiger partial charge in [-0.05, 0) is 24.6 Å². The number of benzene rings is 1. The van der Waals surface area contributed by atoms with Crippen molar-refractivity contribution >= 4 is 39.6 Å². The Kier molecular flexibility index (Phi) is 3.93. The van der Waals surface area contributed by atoms with Crippen molar-refractivity contribution in [1.82, 2.24) is 0 Å². The van der Waals surface area contributed by atoms with Gasteiger partial charge in [-0.2, -0.15) is 4.74 Å². The molecule has 0 radical (unpaired) electrons. The van der Waals surface area contributed by atoms with Crippen LogP contribution in [-0.2, 0) is 11.2 Å². The third-order valence-electron chi connectivity index (χ3n) is 3.70. The Balaban J connectivity index is 2.30. The maximum absolute atomic E-state index is 12.6. The van der Waals surface area contributed by atoms with Gasteiger partial charge in [-0.1, -0.05) is 30.7 Å². The van der Waals surface area contributed by atoms with Crippen LogP contribution in [0.15, 0.2) is 30.3 Å². The number of aryl methyl sites for hydroxylation is 1. The molecular weight excluding hydrogens is 320 g/mol. The third-order valence-corrected chi connectivity index (χ3v) is 5.39. The summed E-state index contributed by atoms with van der Waals surface area (Å²) in [5.41, 5.74) is 1.90. The highest BCUT2D eigenvalue weighted by Gasteiger charge is 2.32. The molecule has 3 rings (SSSR count). The number of fused-ring (bicyclic) bond motifs is 1. The number of carbonyl (C=O) groups excluding carboxylic acids is 1. The molecule has 0 fully saturated rings. The smallest absolute Gasteiger partial charge is 0.294 e. The number of anilines is 1. The van der Waals surface area contributed by atoms with Crippen molar-refractivity contribution in [3.63, 3.8) is 0 Å². The van der Waals surface area contributed by atoms with Crippen LogP contribution >= 0.6 is 22.9 Å². The van der Waals surface area contributed by atoms with E-state index in [4.69, 9.17) is 11.6 Å². The minimum absolute atomic E-state index is 0.208. The summed E-state index contributed by atoms with van der Waals surface area (Å²) in [5, 5.41) is 13.9.